The molecule has 0 heterocycles. The van der Waals surface area contributed by atoms with Gasteiger partial charge < -0.3 is 0 Å². The molecule has 1 atom stereocenters. The monoisotopic (exact) mass is 251 g/mol. The van der Waals surface area contributed by atoms with Gasteiger partial charge in [0, 0.05) is 0 Å². The molecule has 0 bridgehead atoms. The van der Waals surface area contributed by atoms with Crippen molar-refractivity contribution in [1.82, 2.24) is 5.48 Å². The number of carbonyl (C=O) groups is 1. The standard InChI is InChI=1S/C9H18BrNO2/c1-6(2)7(10)8(12)11-13-9(3,4)5/h6-7H,1-5H3,(H,11,12). The minimum Gasteiger partial charge on any atom is -0.271 e. The largest absolute Gasteiger partial charge is 0.271 e. The highest BCUT2D eigenvalue weighted by Gasteiger charge is 2.20. The Labute approximate surface area is 88.3 Å². The lowest BCUT2D eigenvalue weighted by molar-refractivity contribution is -0.145. The molecule has 0 radical (unpaired) electrons. The van der Waals surface area contributed by atoms with Crippen molar-refractivity contribution in [2.75, 3.05) is 0 Å². The average molecular weight is 252 g/mol. The topological polar surface area (TPSA) is 38.3 Å². The molecule has 78 valence electrons. The molecule has 1 N–H and O–H groups in total. The fourth-order valence-corrected chi connectivity index (χ4v) is 0.656. The summed E-state index contributed by atoms with van der Waals surface area (Å²) in [6.07, 6.45) is 0. The summed E-state index contributed by atoms with van der Waals surface area (Å²) in [5, 5.41) is 0. The van der Waals surface area contributed by atoms with E-state index in [2.05, 4.69) is 21.4 Å². The molecule has 0 spiro atoms. The Bertz CT molecular complexity index is 175. The minimum atomic E-state index is -0.348. The van der Waals surface area contributed by atoms with Gasteiger partial charge in [0.2, 0.25) is 0 Å². The number of hydrogen-bond acceptors (Lipinski definition) is 2. The first-order chi connectivity index (χ1) is 5.74. The van der Waals surface area contributed by atoms with E-state index in [4.69, 9.17) is 4.84 Å². The third-order valence-corrected chi connectivity index (χ3v) is 2.77. The summed E-state index contributed by atoms with van der Waals surface area (Å²) in [6, 6.07) is 0. The van der Waals surface area contributed by atoms with Crippen LogP contribution in [0.2, 0.25) is 0 Å². The fraction of sp³-hybridized carbons (Fsp3) is 0.889. The van der Waals surface area contributed by atoms with Crippen LogP contribution in [0.5, 0.6) is 0 Å². The van der Waals surface area contributed by atoms with E-state index in [1.54, 1.807) is 0 Å². The van der Waals surface area contributed by atoms with Gasteiger partial charge in [-0.15, -0.1) is 0 Å². The van der Waals surface area contributed by atoms with Crippen LogP contribution in [-0.2, 0) is 9.63 Å². The van der Waals surface area contributed by atoms with Gasteiger partial charge in [0.1, 0.15) is 0 Å². The van der Waals surface area contributed by atoms with E-state index in [0.717, 1.165) is 0 Å². The van der Waals surface area contributed by atoms with Gasteiger partial charge in [0.05, 0.1) is 10.4 Å². The summed E-state index contributed by atoms with van der Waals surface area (Å²) in [7, 11) is 0. The van der Waals surface area contributed by atoms with Gasteiger partial charge in [-0.25, -0.2) is 5.48 Å². The molecule has 0 aliphatic rings. The van der Waals surface area contributed by atoms with Gasteiger partial charge in [0.25, 0.3) is 5.91 Å². The number of halogens is 1. The third kappa shape index (κ3) is 6.05. The lowest BCUT2D eigenvalue weighted by Crippen LogP contribution is -2.39. The number of carbonyl (C=O) groups excluding carboxylic acids is 1. The van der Waals surface area contributed by atoms with Crippen LogP contribution in [0.15, 0.2) is 0 Å². The number of hydroxylamine groups is 1. The first kappa shape index (κ1) is 12.9. The highest BCUT2D eigenvalue weighted by atomic mass is 79.9. The highest BCUT2D eigenvalue weighted by Crippen LogP contribution is 2.12. The van der Waals surface area contributed by atoms with Gasteiger partial charge in [-0.1, -0.05) is 29.8 Å². The van der Waals surface area contributed by atoms with Crippen molar-refractivity contribution in [3.05, 3.63) is 0 Å². The summed E-state index contributed by atoms with van der Waals surface area (Å²) in [4.78, 5) is 16.3. The molecule has 0 aliphatic carbocycles. The third-order valence-electron chi connectivity index (χ3n) is 1.29. The molecule has 13 heavy (non-hydrogen) atoms. The van der Waals surface area contributed by atoms with Crippen molar-refractivity contribution in [3.63, 3.8) is 0 Å². The van der Waals surface area contributed by atoms with Crippen LogP contribution in [0.4, 0.5) is 0 Å². The minimum absolute atomic E-state index is 0.134. The van der Waals surface area contributed by atoms with Crippen molar-refractivity contribution in [3.8, 4) is 0 Å². The predicted octanol–water partition coefficient (Wildman–Crippen LogP) is 2.25. The van der Waals surface area contributed by atoms with E-state index >= 15 is 0 Å². The lowest BCUT2D eigenvalue weighted by atomic mass is 10.1. The zero-order chi connectivity index (χ0) is 10.6. The van der Waals surface area contributed by atoms with E-state index < -0.39 is 0 Å². The summed E-state index contributed by atoms with van der Waals surface area (Å²) in [6.45, 7) is 9.58. The number of hydrogen-bond donors (Lipinski definition) is 1. The Kier molecular flexibility index (Phi) is 4.92. The van der Waals surface area contributed by atoms with E-state index in [1.165, 1.54) is 0 Å². The first-order valence-corrected chi connectivity index (χ1v) is 5.27. The van der Waals surface area contributed by atoms with E-state index in [-0.39, 0.29) is 22.3 Å². The zero-order valence-corrected chi connectivity index (χ0v) is 10.4. The van der Waals surface area contributed by atoms with Crippen molar-refractivity contribution in [2.24, 2.45) is 5.92 Å². The smallest absolute Gasteiger partial charge is 0.257 e. The number of amides is 1. The van der Waals surface area contributed by atoms with Gasteiger partial charge in [-0.3, -0.25) is 9.63 Å². The SMILES string of the molecule is CC(C)C(Br)C(=O)NOC(C)(C)C. The molecule has 0 aromatic carbocycles. The van der Waals surface area contributed by atoms with Crippen LogP contribution in [0.1, 0.15) is 34.6 Å². The normalized spacial score (nSPS) is 14.4. The lowest BCUT2D eigenvalue weighted by Gasteiger charge is -2.21. The van der Waals surface area contributed by atoms with Crippen LogP contribution in [0, 0.1) is 5.92 Å². The van der Waals surface area contributed by atoms with E-state index in [9.17, 15) is 4.79 Å². The fourth-order valence-electron chi connectivity index (χ4n) is 0.562. The molecule has 0 aliphatic heterocycles. The Balaban J connectivity index is 3.89. The van der Waals surface area contributed by atoms with Crippen LogP contribution in [0.25, 0.3) is 0 Å². The summed E-state index contributed by atoms with van der Waals surface area (Å²) < 4.78 is 0. The quantitative estimate of drug-likeness (QED) is 0.618. The maximum Gasteiger partial charge on any atom is 0.257 e. The number of nitrogens with one attached hydrogen (secondary N) is 1. The van der Waals surface area contributed by atoms with Crippen molar-refractivity contribution < 1.29 is 9.63 Å². The van der Waals surface area contributed by atoms with E-state index in [1.807, 2.05) is 34.6 Å². The van der Waals surface area contributed by atoms with Crippen molar-refractivity contribution in [2.45, 2.75) is 45.0 Å². The summed E-state index contributed by atoms with van der Waals surface area (Å²) in [5.41, 5.74) is 2.07. The maximum absolute atomic E-state index is 11.3. The molecule has 1 unspecified atom stereocenters. The summed E-state index contributed by atoms with van der Waals surface area (Å²) in [5.74, 6) is 0.119. The van der Waals surface area contributed by atoms with Crippen LogP contribution >= 0.6 is 15.9 Å². The molecule has 0 rings (SSSR count). The Morgan fingerprint density at radius 1 is 1.38 bits per heavy atom. The van der Waals surface area contributed by atoms with Crippen LogP contribution < -0.4 is 5.48 Å². The van der Waals surface area contributed by atoms with Gasteiger partial charge in [-0.05, 0) is 26.7 Å². The van der Waals surface area contributed by atoms with Gasteiger partial charge in [0.15, 0.2) is 0 Å². The molecular formula is C9H18BrNO2. The van der Waals surface area contributed by atoms with Gasteiger partial charge in [-0.2, -0.15) is 0 Å². The second-order valence-corrected chi connectivity index (χ2v) is 5.31. The molecule has 3 nitrogen and oxygen atoms in total. The highest BCUT2D eigenvalue weighted by molar-refractivity contribution is 9.10. The Morgan fingerprint density at radius 2 is 1.85 bits per heavy atom. The number of rotatable bonds is 3. The van der Waals surface area contributed by atoms with Crippen LogP contribution in [-0.4, -0.2) is 16.3 Å². The molecule has 0 saturated heterocycles. The van der Waals surface area contributed by atoms with Crippen molar-refractivity contribution in [1.29, 1.82) is 0 Å². The maximum atomic E-state index is 11.3. The molecule has 0 saturated carbocycles. The molecule has 0 aromatic rings. The Morgan fingerprint density at radius 3 is 2.15 bits per heavy atom. The molecule has 0 aromatic heterocycles. The Hall–Kier alpha value is -0.0900. The predicted molar refractivity (Wildman–Crippen MR) is 56.5 cm³/mol. The van der Waals surface area contributed by atoms with Crippen LogP contribution in [0.3, 0.4) is 0 Å². The van der Waals surface area contributed by atoms with E-state index in [0.29, 0.717) is 0 Å². The molecule has 1 amide bonds. The van der Waals surface area contributed by atoms with Gasteiger partial charge >= 0.3 is 0 Å². The average Bonchev–Trinajstić information content (AvgIpc) is 1.97. The molecular weight excluding hydrogens is 234 g/mol. The zero-order valence-electron chi connectivity index (χ0n) is 8.85. The van der Waals surface area contributed by atoms with Crippen molar-refractivity contribution >= 4 is 21.8 Å². The molecule has 0 fully saturated rings. The second kappa shape index (κ2) is 4.96. The first-order valence-electron chi connectivity index (χ1n) is 4.36. The number of alkyl halides is 1. The second-order valence-electron chi connectivity index (χ2n) is 4.33. The molecule has 4 heteroatoms. The summed E-state index contributed by atoms with van der Waals surface area (Å²) >= 11 is 3.28.